The first-order valence-electron chi connectivity index (χ1n) is 8.29. The van der Waals surface area contributed by atoms with Crippen LogP contribution in [0.2, 0.25) is 0 Å². The predicted molar refractivity (Wildman–Crippen MR) is 88.9 cm³/mol. The third-order valence-electron chi connectivity index (χ3n) is 4.42. The molecule has 3 N–H and O–H groups in total. The average Bonchev–Trinajstić information content (AvgIpc) is 3.22. The van der Waals surface area contributed by atoms with E-state index in [2.05, 4.69) is 16.2 Å². The molecule has 0 aliphatic carbocycles. The number of furan rings is 1. The highest BCUT2D eigenvalue weighted by Crippen LogP contribution is 2.34. The molecular formula is C18H20F3N3O2. The van der Waals surface area contributed by atoms with Crippen molar-refractivity contribution in [2.45, 2.75) is 44.6 Å². The van der Waals surface area contributed by atoms with Crippen LogP contribution in [0.1, 0.15) is 48.1 Å². The second-order valence-corrected chi connectivity index (χ2v) is 6.39. The number of rotatable bonds is 4. The Morgan fingerprint density at radius 3 is 2.62 bits per heavy atom. The van der Waals surface area contributed by atoms with E-state index >= 15 is 0 Å². The van der Waals surface area contributed by atoms with E-state index in [4.69, 9.17) is 4.42 Å². The Morgan fingerprint density at radius 1 is 1.23 bits per heavy atom. The minimum absolute atomic E-state index is 0.0394. The van der Waals surface area contributed by atoms with Crippen molar-refractivity contribution in [3.8, 4) is 0 Å². The molecule has 26 heavy (non-hydrogen) atoms. The van der Waals surface area contributed by atoms with Gasteiger partial charge in [0.25, 0.3) is 0 Å². The van der Waals surface area contributed by atoms with E-state index < -0.39 is 23.8 Å². The number of aryl methyl sites for hydroxylation is 1. The molecule has 1 fully saturated rings. The fourth-order valence-electron chi connectivity index (χ4n) is 3.08. The number of hydrogen-bond acceptors (Lipinski definition) is 4. The van der Waals surface area contributed by atoms with Gasteiger partial charge in [-0.05, 0) is 44.0 Å². The molecule has 0 radical (unpaired) electrons. The zero-order chi connectivity index (χ0) is 18.9. The fourth-order valence-corrected chi connectivity index (χ4v) is 3.08. The second-order valence-electron chi connectivity index (χ2n) is 6.39. The molecule has 1 aliphatic rings. The van der Waals surface area contributed by atoms with Crippen LogP contribution in [0, 0.1) is 6.92 Å². The van der Waals surface area contributed by atoms with Gasteiger partial charge in [0, 0.05) is 0 Å². The van der Waals surface area contributed by atoms with Crippen LogP contribution in [0.3, 0.4) is 0 Å². The SMILES string of the molecule is Cc1ccc(C2CC(C(=O)NC(C)c3ccccc3C(F)(F)F)NN2)o1. The second kappa shape index (κ2) is 7.13. The van der Waals surface area contributed by atoms with Crippen LogP contribution in [0.15, 0.2) is 40.8 Å². The molecule has 3 atom stereocenters. The first-order chi connectivity index (χ1) is 12.3. The van der Waals surface area contributed by atoms with Gasteiger partial charge >= 0.3 is 6.18 Å². The monoisotopic (exact) mass is 367 g/mol. The summed E-state index contributed by atoms with van der Waals surface area (Å²) in [6.45, 7) is 3.37. The molecule has 1 amide bonds. The Bertz CT molecular complexity index is 788. The molecule has 1 aliphatic heterocycles. The molecule has 8 heteroatoms. The number of alkyl halides is 3. The third kappa shape index (κ3) is 3.91. The lowest BCUT2D eigenvalue weighted by Gasteiger charge is -2.21. The smallest absolute Gasteiger partial charge is 0.416 e. The number of hydrogen-bond donors (Lipinski definition) is 3. The third-order valence-corrected chi connectivity index (χ3v) is 4.42. The first-order valence-corrected chi connectivity index (χ1v) is 8.29. The Balaban J connectivity index is 1.66. The first kappa shape index (κ1) is 18.5. The van der Waals surface area contributed by atoms with Gasteiger partial charge in [-0.25, -0.2) is 10.9 Å². The number of benzene rings is 1. The predicted octanol–water partition coefficient (Wildman–Crippen LogP) is 3.39. The normalized spacial score (nSPS) is 21.6. The summed E-state index contributed by atoms with van der Waals surface area (Å²) in [4.78, 5) is 12.4. The van der Waals surface area contributed by atoms with Gasteiger partial charge in [0.15, 0.2) is 0 Å². The van der Waals surface area contributed by atoms with Gasteiger partial charge in [-0.15, -0.1) is 0 Å². The zero-order valence-corrected chi connectivity index (χ0v) is 14.4. The van der Waals surface area contributed by atoms with E-state index in [9.17, 15) is 18.0 Å². The summed E-state index contributed by atoms with van der Waals surface area (Å²) in [5, 5.41) is 2.66. The molecule has 1 aromatic carbocycles. The molecule has 1 saturated heterocycles. The van der Waals surface area contributed by atoms with E-state index in [0.29, 0.717) is 12.2 Å². The van der Waals surface area contributed by atoms with E-state index in [0.717, 1.165) is 11.8 Å². The van der Waals surface area contributed by atoms with E-state index in [-0.39, 0.29) is 17.5 Å². The standard InChI is InChI=1S/C18H20F3N3O2/c1-10-7-8-16(26-10)14-9-15(24-23-14)17(25)22-11(2)12-5-3-4-6-13(12)18(19,20)21/h3-8,11,14-15,23-24H,9H2,1-2H3,(H,22,25). The van der Waals surface area contributed by atoms with Gasteiger partial charge in [0.05, 0.1) is 17.6 Å². The van der Waals surface area contributed by atoms with E-state index in [1.807, 2.05) is 19.1 Å². The van der Waals surface area contributed by atoms with Crippen LogP contribution in [0.25, 0.3) is 0 Å². The summed E-state index contributed by atoms with van der Waals surface area (Å²) in [6, 6.07) is 7.41. The van der Waals surface area contributed by atoms with Gasteiger partial charge in [-0.1, -0.05) is 18.2 Å². The summed E-state index contributed by atoms with van der Waals surface area (Å²) in [5.41, 5.74) is 5.15. The van der Waals surface area contributed by atoms with Gasteiger partial charge < -0.3 is 9.73 Å². The number of carbonyl (C=O) groups excluding carboxylic acids is 1. The van der Waals surface area contributed by atoms with Crippen molar-refractivity contribution >= 4 is 5.91 Å². The lowest BCUT2D eigenvalue weighted by molar-refractivity contribution is -0.138. The van der Waals surface area contributed by atoms with Crippen LogP contribution in [0.4, 0.5) is 13.2 Å². The van der Waals surface area contributed by atoms with Crippen molar-refractivity contribution in [3.63, 3.8) is 0 Å². The van der Waals surface area contributed by atoms with Crippen molar-refractivity contribution in [2.75, 3.05) is 0 Å². The Morgan fingerprint density at radius 2 is 1.96 bits per heavy atom. The Kier molecular flexibility index (Phi) is 5.06. The Labute approximate surface area is 148 Å². The largest absolute Gasteiger partial charge is 0.465 e. The lowest BCUT2D eigenvalue weighted by Crippen LogP contribution is -2.44. The molecule has 1 aromatic heterocycles. The molecule has 140 valence electrons. The van der Waals surface area contributed by atoms with Gasteiger partial charge in [0.1, 0.15) is 17.6 Å². The van der Waals surface area contributed by atoms with E-state index in [1.54, 1.807) is 0 Å². The quantitative estimate of drug-likeness (QED) is 0.775. The molecule has 2 aromatic rings. The number of hydrazine groups is 1. The van der Waals surface area contributed by atoms with Crippen molar-refractivity contribution < 1.29 is 22.4 Å². The highest BCUT2D eigenvalue weighted by molar-refractivity contribution is 5.82. The summed E-state index contributed by atoms with van der Waals surface area (Å²) >= 11 is 0. The molecule has 0 saturated carbocycles. The topological polar surface area (TPSA) is 66.3 Å². The lowest BCUT2D eigenvalue weighted by atomic mass is 10.00. The fraction of sp³-hybridized carbons (Fsp3) is 0.389. The summed E-state index contributed by atoms with van der Waals surface area (Å²) in [6.07, 6.45) is -4.03. The highest BCUT2D eigenvalue weighted by atomic mass is 19.4. The van der Waals surface area contributed by atoms with Crippen LogP contribution in [-0.2, 0) is 11.0 Å². The maximum atomic E-state index is 13.1. The minimum atomic E-state index is -4.47. The maximum absolute atomic E-state index is 13.1. The van der Waals surface area contributed by atoms with Crippen LogP contribution >= 0.6 is 0 Å². The highest BCUT2D eigenvalue weighted by Gasteiger charge is 2.36. The molecule has 0 spiro atoms. The number of amides is 1. The molecule has 2 heterocycles. The molecular weight excluding hydrogens is 347 g/mol. The number of halogens is 3. The van der Waals surface area contributed by atoms with Crippen LogP contribution in [-0.4, -0.2) is 11.9 Å². The van der Waals surface area contributed by atoms with Crippen molar-refractivity contribution in [1.82, 2.24) is 16.2 Å². The van der Waals surface area contributed by atoms with Gasteiger partial charge in [0.2, 0.25) is 5.91 Å². The number of nitrogens with one attached hydrogen (secondary N) is 3. The molecule has 3 unspecified atom stereocenters. The minimum Gasteiger partial charge on any atom is -0.465 e. The van der Waals surface area contributed by atoms with E-state index in [1.165, 1.54) is 25.1 Å². The molecule has 0 bridgehead atoms. The van der Waals surface area contributed by atoms with Crippen molar-refractivity contribution in [2.24, 2.45) is 0 Å². The van der Waals surface area contributed by atoms with Crippen molar-refractivity contribution in [1.29, 1.82) is 0 Å². The van der Waals surface area contributed by atoms with Gasteiger partial charge in [-0.2, -0.15) is 13.2 Å². The van der Waals surface area contributed by atoms with Gasteiger partial charge in [-0.3, -0.25) is 4.79 Å². The summed E-state index contributed by atoms with van der Waals surface area (Å²) in [7, 11) is 0. The molecule has 5 nitrogen and oxygen atoms in total. The van der Waals surface area contributed by atoms with Crippen molar-refractivity contribution in [3.05, 3.63) is 59.0 Å². The summed E-state index contributed by atoms with van der Waals surface area (Å²) < 4.78 is 45.0. The Hall–Kier alpha value is -2.32. The van der Waals surface area contributed by atoms with Crippen LogP contribution < -0.4 is 16.2 Å². The maximum Gasteiger partial charge on any atom is 0.416 e. The summed E-state index contributed by atoms with van der Waals surface area (Å²) in [5.74, 6) is 1.11. The number of carbonyl (C=O) groups is 1. The average molecular weight is 367 g/mol. The molecule has 3 rings (SSSR count). The zero-order valence-electron chi connectivity index (χ0n) is 14.4. The van der Waals surface area contributed by atoms with Crippen LogP contribution in [0.5, 0.6) is 0 Å².